The normalized spacial score (nSPS) is 12.2. The van der Waals surface area contributed by atoms with Crippen LogP contribution in [0.5, 0.6) is 17.2 Å². The van der Waals surface area contributed by atoms with Crippen LogP contribution in [0, 0.1) is 6.92 Å². The molecule has 0 aromatic heterocycles. The molecule has 0 bridgehead atoms. The van der Waals surface area contributed by atoms with Gasteiger partial charge in [-0.1, -0.05) is 18.2 Å². The summed E-state index contributed by atoms with van der Waals surface area (Å²) in [5.74, 6) is 1.70. The number of ether oxygens (including phenoxy) is 3. The van der Waals surface area contributed by atoms with E-state index in [0.717, 1.165) is 11.3 Å². The summed E-state index contributed by atoms with van der Waals surface area (Å²) in [5, 5.41) is 6.66. The Bertz CT molecular complexity index is 789. The Morgan fingerprint density at radius 1 is 1.29 bits per heavy atom. The van der Waals surface area contributed by atoms with E-state index in [4.69, 9.17) is 14.2 Å². The third-order valence-electron chi connectivity index (χ3n) is 3.45. The summed E-state index contributed by atoms with van der Waals surface area (Å²) in [4.78, 5) is 11.9. The highest BCUT2D eigenvalue weighted by Gasteiger charge is 2.19. The van der Waals surface area contributed by atoms with E-state index in [0.29, 0.717) is 22.8 Å². The molecule has 1 aliphatic heterocycles. The highest BCUT2D eigenvalue weighted by atomic mass is 16.7. The van der Waals surface area contributed by atoms with Gasteiger partial charge in [0.25, 0.3) is 0 Å². The first-order chi connectivity index (χ1) is 11.7. The quantitative estimate of drug-likeness (QED) is 0.668. The molecule has 0 fully saturated rings. The van der Waals surface area contributed by atoms with Gasteiger partial charge in [0.05, 0.1) is 13.3 Å². The van der Waals surface area contributed by atoms with E-state index < -0.39 is 6.03 Å². The first-order valence-corrected chi connectivity index (χ1v) is 7.30. The maximum Gasteiger partial charge on any atom is 0.339 e. The predicted molar refractivity (Wildman–Crippen MR) is 90.0 cm³/mol. The van der Waals surface area contributed by atoms with Gasteiger partial charge in [-0.25, -0.2) is 10.2 Å². The number of nitrogens with zero attached hydrogens (tertiary/aromatic N) is 1. The number of amides is 2. The monoisotopic (exact) mass is 327 g/mol. The fourth-order valence-electron chi connectivity index (χ4n) is 2.25. The Morgan fingerprint density at radius 2 is 2.12 bits per heavy atom. The molecule has 2 aromatic carbocycles. The maximum atomic E-state index is 11.9. The zero-order chi connectivity index (χ0) is 16.9. The molecule has 24 heavy (non-hydrogen) atoms. The van der Waals surface area contributed by atoms with Crippen molar-refractivity contribution in [2.45, 2.75) is 6.92 Å². The van der Waals surface area contributed by atoms with Crippen LogP contribution >= 0.6 is 0 Å². The Labute approximate surface area is 139 Å². The SMILES string of the molecule is COc1cc(C=NNC(=O)Nc2ccccc2C)cc2c1OCO2. The third kappa shape index (κ3) is 3.40. The minimum atomic E-state index is -0.423. The molecule has 2 amide bonds. The number of aryl methyl sites for hydroxylation is 1. The second kappa shape index (κ2) is 6.91. The van der Waals surface area contributed by atoms with Crippen LogP contribution in [0.2, 0.25) is 0 Å². The van der Waals surface area contributed by atoms with Crippen molar-refractivity contribution in [1.82, 2.24) is 5.43 Å². The van der Waals surface area contributed by atoms with Crippen LogP contribution in [0.4, 0.5) is 10.5 Å². The summed E-state index contributed by atoms with van der Waals surface area (Å²) < 4.78 is 15.9. The van der Waals surface area contributed by atoms with Gasteiger partial charge in [-0.05, 0) is 30.7 Å². The Balaban J connectivity index is 1.64. The van der Waals surface area contributed by atoms with E-state index in [-0.39, 0.29) is 6.79 Å². The zero-order valence-corrected chi connectivity index (χ0v) is 13.3. The van der Waals surface area contributed by atoms with E-state index in [1.807, 2.05) is 31.2 Å². The molecule has 1 aliphatic rings. The number of methoxy groups -OCH3 is 1. The molecule has 7 nitrogen and oxygen atoms in total. The molecule has 2 N–H and O–H groups in total. The summed E-state index contributed by atoms with van der Waals surface area (Å²) in [5.41, 5.74) is 4.83. The lowest BCUT2D eigenvalue weighted by molar-refractivity contribution is 0.171. The minimum absolute atomic E-state index is 0.156. The number of rotatable bonds is 4. The number of anilines is 1. The first kappa shape index (κ1) is 15.7. The van der Waals surface area contributed by atoms with Crippen LogP contribution in [0.15, 0.2) is 41.5 Å². The molecule has 0 radical (unpaired) electrons. The average molecular weight is 327 g/mol. The molecule has 0 saturated heterocycles. The van der Waals surface area contributed by atoms with Gasteiger partial charge in [-0.3, -0.25) is 0 Å². The van der Waals surface area contributed by atoms with E-state index in [1.165, 1.54) is 6.21 Å². The fourth-order valence-corrected chi connectivity index (χ4v) is 2.25. The van der Waals surface area contributed by atoms with Crippen molar-refractivity contribution in [3.05, 3.63) is 47.5 Å². The molecule has 1 heterocycles. The minimum Gasteiger partial charge on any atom is -0.493 e. The lowest BCUT2D eigenvalue weighted by Crippen LogP contribution is -2.24. The molecule has 0 spiro atoms. The molecule has 0 aliphatic carbocycles. The summed E-state index contributed by atoms with van der Waals surface area (Å²) in [7, 11) is 1.55. The number of benzene rings is 2. The fraction of sp³-hybridized carbons (Fsp3) is 0.176. The highest BCUT2D eigenvalue weighted by Crippen LogP contribution is 2.41. The first-order valence-electron chi connectivity index (χ1n) is 7.30. The van der Waals surface area contributed by atoms with E-state index >= 15 is 0 Å². The van der Waals surface area contributed by atoms with E-state index in [1.54, 1.807) is 19.2 Å². The number of para-hydroxylation sites is 1. The van der Waals surface area contributed by atoms with Crippen molar-refractivity contribution in [1.29, 1.82) is 0 Å². The number of hydrogen-bond donors (Lipinski definition) is 2. The Kier molecular flexibility index (Phi) is 4.51. The van der Waals surface area contributed by atoms with Crippen LogP contribution in [-0.4, -0.2) is 26.1 Å². The molecule has 3 rings (SSSR count). The molecule has 0 unspecified atom stereocenters. The average Bonchev–Trinajstić information content (AvgIpc) is 3.05. The number of nitrogens with one attached hydrogen (secondary N) is 2. The number of fused-ring (bicyclic) bond motifs is 1. The Morgan fingerprint density at radius 3 is 2.92 bits per heavy atom. The highest BCUT2D eigenvalue weighted by molar-refractivity contribution is 5.91. The van der Waals surface area contributed by atoms with E-state index in [2.05, 4.69) is 15.8 Å². The van der Waals surface area contributed by atoms with Crippen molar-refractivity contribution >= 4 is 17.9 Å². The molecule has 7 heteroatoms. The molecular formula is C17H17N3O4. The van der Waals surface area contributed by atoms with Gasteiger partial charge in [-0.2, -0.15) is 5.10 Å². The number of carbonyl (C=O) groups excluding carboxylic acids is 1. The lowest BCUT2D eigenvalue weighted by Gasteiger charge is -2.07. The number of hydrazone groups is 1. The summed E-state index contributed by atoms with van der Waals surface area (Å²) in [6, 6.07) is 10.6. The smallest absolute Gasteiger partial charge is 0.339 e. The van der Waals surface area contributed by atoms with Gasteiger partial charge >= 0.3 is 6.03 Å². The van der Waals surface area contributed by atoms with E-state index in [9.17, 15) is 4.79 Å². The van der Waals surface area contributed by atoms with Crippen molar-refractivity contribution in [2.24, 2.45) is 5.10 Å². The van der Waals surface area contributed by atoms with Gasteiger partial charge in [0, 0.05) is 11.3 Å². The maximum absolute atomic E-state index is 11.9. The molecule has 2 aromatic rings. The van der Waals surface area contributed by atoms with Gasteiger partial charge in [0.15, 0.2) is 11.5 Å². The van der Waals surface area contributed by atoms with Gasteiger partial charge in [-0.15, -0.1) is 0 Å². The number of hydrogen-bond acceptors (Lipinski definition) is 5. The third-order valence-corrected chi connectivity index (χ3v) is 3.45. The standard InChI is InChI=1S/C17H17N3O4/c1-11-5-3-4-6-13(11)19-17(21)20-18-9-12-7-14(22-2)16-15(8-12)23-10-24-16/h3-9H,10H2,1-2H3,(H2,19,20,21). The lowest BCUT2D eigenvalue weighted by atomic mass is 10.2. The predicted octanol–water partition coefficient (Wildman–Crippen LogP) is 2.89. The largest absolute Gasteiger partial charge is 0.493 e. The van der Waals surface area contributed by atoms with Gasteiger partial charge in [0.2, 0.25) is 12.5 Å². The van der Waals surface area contributed by atoms with Crippen molar-refractivity contribution in [2.75, 3.05) is 19.2 Å². The van der Waals surface area contributed by atoms with Crippen LogP contribution in [0.3, 0.4) is 0 Å². The van der Waals surface area contributed by atoms with Gasteiger partial charge < -0.3 is 19.5 Å². The molecule has 0 saturated carbocycles. The van der Waals surface area contributed by atoms with Crippen LogP contribution in [0.25, 0.3) is 0 Å². The second-order valence-corrected chi connectivity index (χ2v) is 5.10. The number of urea groups is 1. The summed E-state index contributed by atoms with van der Waals surface area (Å²) in [6.45, 7) is 2.07. The van der Waals surface area contributed by atoms with Crippen LogP contribution in [-0.2, 0) is 0 Å². The molecular weight excluding hydrogens is 310 g/mol. The number of carbonyl (C=O) groups is 1. The second-order valence-electron chi connectivity index (χ2n) is 5.10. The molecule has 124 valence electrons. The topological polar surface area (TPSA) is 81.2 Å². The van der Waals surface area contributed by atoms with Crippen LogP contribution < -0.4 is 25.0 Å². The molecule has 0 atom stereocenters. The summed E-state index contributed by atoms with van der Waals surface area (Å²) >= 11 is 0. The van der Waals surface area contributed by atoms with Crippen LogP contribution in [0.1, 0.15) is 11.1 Å². The van der Waals surface area contributed by atoms with Crippen molar-refractivity contribution < 1.29 is 19.0 Å². The van der Waals surface area contributed by atoms with Crippen molar-refractivity contribution in [3.63, 3.8) is 0 Å². The zero-order valence-electron chi connectivity index (χ0n) is 13.3. The van der Waals surface area contributed by atoms with Gasteiger partial charge in [0.1, 0.15) is 0 Å². The van der Waals surface area contributed by atoms with Crippen molar-refractivity contribution in [3.8, 4) is 17.2 Å². The summed E-state index contributed by atoms with van der Waals surface area (Å²) in [6.07, 6.45) is 1.50. The Hall–Kier alpha value is -3.22.